The van der Waals surface area contributed by atoms with Gasteiger partial charge in [0, 0.05) is 47.9 Å². The number of benzene rings is 2. The number of amides is 1. The largest absolute Gasteiger partial charge is 0.369 e. The number of aliphatic imine (C=N–C) groups is 1. The number of piperazine rings is 1. The van der Waals surface area contributed by atoms with Crippen molar-refractivity contribution in [2.45, 2.75) is 38.6 Å². The maximum absolute atomic E-state index is 13.0. The summed E-state index contributed by atoms with van der Waals surface area (Å²) in [6, 6.07) is 19.0. The number of rotatable bonds is 7. The predicted octanol–water partition coefficient (Wildman–Crippen LogP) is 5.32. The van der Waals surface area contributed by atoms with Crippen LogP contribution in [0.3, 0.4) is 0 Å². The van der Waals surface area contributed by atoms with Gasteiger partial charge < -0.3 is 15.1 Å². The molecule has 1 atom stereocenters. The molecular formula is C29H34N4OS. The van der Waals surface area contributed by atoms with Gasteiger partial charge in [0.2, 0.25) is 0 Å². The highest BCUT2D eigenvalue weighted by Gasteiger charge is 2.20. The molecule has 0 radical (unpaired) electrons. The van der Waals surface area contributed by atoms with Gasteiger partial charge in [0.25, 0.3) is 5.91 Å². The minimum Gasteiger partial charge on any atom is -0.369 e. The molecule has 6 heteroatoms. The fourth-order valence-electron chi connectivity index (χ4n) is 4.97. The molecule has 0 bridgehead atoms. The van der Waals surface area contributed by atoms with Gasteiger partial charge in [0.1, 0.15) is 5.84 Å². The number of anilines is 1. The van der Waals surface area contributed by atoms with E-state index in [4.69, 9.17) is 0 Å². The van der Waals surface area contributed by atoms with Gasteiger partial charge in [-0.05, 0) is 85.1 Å². The van der Waals surface area contributed by atoms with Gasteiger partial charge in [0.05, 0.1) is 6.54 Å². The maximum Gasteiger partial charge on any atom is 0.256 e. The van der Waals surface area contributed by atoms with Gasteiger partial charge in [-0.15, -0.1) is 11.3 Å². The van der Waals surface area contributed by atoms with Crippen molar-refractivity contribution in [2.24, 2.45) is 4.99 Å². The lowest BCUT2D eigenvalue weighted by atomic mass is 9.94. The van der Waals surface area contributed by atoms with E-state index in [-0.39, 0.29) is 5.91 Å². The van der Waals surface area contributed by atoms with Crippen LogP contribution in [0, 0.1) is 0 Å². The third-order valence-electron chi connectivity index (χ3n) is 7.29. The minimum atomic E-state index is -0.101. The first kappa shape index (κ1) is 23.8. The second-order valence-corrected chi connectivity index (χ2v) is 10.6. The van der Waals surface area contributed by atoms with Crippen molar-refractivity contribution in [2.75, 3.05) is 38.1 Å². The smallest absolute Gasteiger partial charge is 0.256 e. The first-order valence-corrected chi connectivity index (χ1v) is 13.5. The number of likely N-dealkylation sites (N-methyl/N-ethyl adjacent to an activating group) is 1. The molecule has 2 aromatic carbocycles. The number of carbonyl (C=O) groups excluding carboxylic acids is 1. The number of nitrogens with zero attached hydrogens (tertiary/aromatic N) is 3. The Morgan fingerprint density at radius 2 is 1.89 bits per heavy atom. The van der Waals surface area contributed by atoms with Crippen LogP contribution < -0.4 is 10.2 Å². The summed E-state index contributed by atoms with van der Waals surface area (Å²) in [6.45, 7) is 7.06. The van der Waals surface area contributed by atoms with Crippen LogP contribution in [0.2, 0.25) is 0 Å². The lowest BCUT2D eigenvalue weighted by Crippen LogP contribution is -2.44. The first-order valence-electron chi connectivity index (χ1n) is 12.7. The molecule has 1 aromatic heterocycles. The molecule has 2 aliphatic rings. The molecule has 1 saturated heterocycles. The maximum atomic E-state index is 13.0. The van der Waals surface area contributed by atoms with Crippen molar-refractivity contribution in [3.8, 4) is 0 Å². The van der Waals surface area contributed by atoms with E-state index in [1.54, 1.807) is 0 Å². The lowest BCUT2D eigenvalue weighted by Gasteiger charge is -2.34. The number of nitrogens with one attached hydrogen (secondary N) is 1. The van der Waals surface area contributed by atoms with Crippen molar-refractivity contribution in [3.05, 3.63) is 87.1 Å². The van der Waals surface area contributed by atoms with Crippen molar-refractivity contribution in [1.29, 1.82) is 0 Å². The zero-order valence-electron chi connectivity index (χ0n) is 20.7. The zero-order valence-corrected chi connectivity index (χ0v) is 21.5. The van der Waals surface area contributed by atoms with Crippen LogP contribution in [-0.2, 0) is 13.0 Å². The molecule has 0 aliphatic carbocycles. The normalized spacial score (nSPS) is 16.6. The Hall–Kier alpha value is -2.96. The summed E-state index contributed by atoms with van der Waals surface area (Å²) in [4.78, 5) is 23.8. The highest BCUT2D eigenvalue weighted by atomic mass is 32.1. The van der Waals surface area contributed by atoms with Crippen LogP contribution in [0.5, 0.6) is 0 Å². The number of hydrogen-bond donors (Lipinski definition) is 1. The quantitative estimate of drug-likeness (QED) is 0.492. The number of hydrogen-bond acceptors (Lipinski definition) is 5. The molecule has 1 amide bonds. The molecule has 1 unspecified atom stereocenters. The summed E-state index contributed by atoms with van der Waals surface area (Å²) in [6.07, 6.45) is 3.31. The van der Waals surface area contributed by atoms with Crippen LogP contribution in [-0.4, -0.2) is 49.9 Å². The third kappa shape index (κ3) is 5.49. The van der Waals surface area contributed by atoms with Crippen LogP contribution in [0.1, 0.15) is 57.6 Å². The number of amidine groups is 1. The molecule has 5 rings (SSSR count). The second kappa shape index (κ2) is 10.8. The van der Waals surface area contributed by atoms with E-state index in [9.17, 15) is 4.79 Å². The van der Waals surface area contributed by atoms with Gasteiger partial charge in [0.15, 0.2) is 0 Å². The van der Waals surface area contributed by atoms with Crippen LogP contribution in [0.25, 0.3) is 0 Å². The molecule has 0 saturated carbocycles. The Kier molecular flexibility index (Phi) is 7.30. The Balaban J connectivity index is 1.22. The molecule has 182 valence electrons. The molecule has 3 aromatic rings. The minimum absolute atomic E-state index is 0.101. The lowest BCUT2D eigenvalue weighted by molar-refractivity contribution is 0.0977. The summed E-state index contributed by atoms with van der Waals surface area (Å²) in [5.41, 5.74) is 5.39. The first-order chi connectivity index (χ1) is 17.1. The average Bonchev–Trinajstić information content (AvgIpc) is 3.56. The zero-order chi connectivity index (χ0) is 24.2. The number of aryl methyl sites for hydroxylation is 1. The average molecular weight is 487 g/mol. The van der Waals surface area contributed by atoms with Crippen molar-refractivity contribution in [1.82, 2.24) is 10.2 Å². The standard InChI is InChI=1S/C29H34N4OS/c1-3-22(27-5-4-18-35-27)8-6-21-7-9-24-20-30-28(26(24)19-21)31-29(34)23-10-12-25(13-11-23)33-16-14-32(2)15-17-33/h4-5,7,9-13,18-19,22H,3,6,8,14-17,20H2,1-2H3,(H,30,31,34). The number of fused-ring (bicyclic) bond motifs is 1. The van der Waals surface area contributed by atoms with E-state index >= 15 is 0 Å². The van der Waals surface area contributed by atoms with E-state index < -0.39 is 0 Å². The van der Waals surface area contributed by atoms with Gasteiger partial charge in [-0.3, -0.25) is 9.79 Å². The Labute approximate surface area is 212 Å². The van der Waals surface area contributed by atoms with Gasteiger partial charge in [-0.2, -0.15) is 0 Å². The summed E-state index contributed by atoms with van der Waals surface area (Å²) in [5.74, 6) is 1.20. The molecular weight excluding hydrogens is 452 g/mol. The predicted molar refractivity (Wildman–Crippen MR) is 146 cm³/mol. The van der Waals surface area contributed by atoms with E-state index in [2.05, 4.69) is 81.9 Å². The van der Waals surface area contributed by atoms with Crippen molar-refractivity contribution in [3.63, 3.8) is 0 Å². The Morgan fingerprint density at radius 3 is 2.60 bits per heavy atom. The van der Waals surface area contributed by atoms with Crippen molar-refractivity contribution >= 4 is 28.8 Å². The SMILES string of the molecule is CCC(CCc1ccc2c(c1)C(NC(=O)c1ccc(N3CCN(C)CC3)cc1)=NC2)c1cccs1. The molecule has 2 aliphatic heterocycles. The van der Waals surface area contributed by atoms with E-state index in [0.29, 0.717) is 23.9 Å². The van der Waals surface area contributed by atoms with E-state index in [0.717, 1.165) is 51.0 Å². The van der Waals surface area contributed by atoms with Crippen LogP contribution in [0.15, 0.2) is 65.0 Å². The molecule has 0 spiro atoms. The second-order valence-electron chi connectivity index (χ2n) is 9.61. The van der Waals surface area contributed by atoms with Crippen molar-refractivity contribution < 1.29 is 4.79 Å². The number of carbonyl (C=O) groups is 1. The summed E-state index contributed by atoms with van der Waals surface area (Å²) in [7, 11) is 2.16. The fourth-order valence-corrected chi connectivity index (χ4v) is 5.92. The molecule has 3 heterocycles. The monoisotopic (exact) mass is 486 g/mol. The van der Waals surface area contributed by atoms with Crippen LogP contribution >= 0.6 is 11.3 Å². The van der Waals surface area contributed by atoms with Gasteiger partial charge >= 0.3 is 0 Å². The van der Waals surface area contributed by atoms with Crippen LogP contribution in [0.4, 0.5) is 5.69 Å². The summed E-state index contributed by atoms with van der Waals surface area (Å²) >= 11 is 1.85. The summed E-state index contributed by atoms with van der Waals surface area (Å²) in [5, 5.41) is 5.24. The van der Waals surface area contributed by atoms with E-state index in [1.165, 1.54) is 21.7 Å². The molecule has 5 nitrogen and oxygen atoms in total. The Bertz CT molecular complexity index is 1180. The molecule has 1 N–H and O–H groups in total. The third-order valence-corrected chi connectivity index (χ3v) is 8.32. The highest BCUT2D eigenvalue weighted by molar-refractivity contribution is 7.10. The topological polar surface area (TPSA) is 47.9 Å². The Morgan fingerprint density at radius 1 is 1.09 bits per heavy atom. The molecule has 1 fully saturated rings. The van der Waals surface area contributed by atoms with Gasteiger partial charge in [-0.25, -0.2) is 0 Å². The molecule has 35 heavy (non-hydrogen) atoms. The van der Waals surface area contributed by atoms with E-state index in [1.807, 2.05) is 23.5 Å². The summed E-state index contributed by atoms with van der Waals surface area (Å²) < 4.78 is 0. The fraction of sp³-hybridized carbons (Fsp3) is 0.379. The number of thiophene rings is 1. The van der Waals surface area contributed by atoms with Gasteiger partial charge in [-0.1, -0.05) is 25.1 Å². The highest BCUT2D eigenvalue weighted by Crippen LogP contribution is 2.29.